The third-order valence-corrected chi connectivity index (χ3v) is 6.45. The van der Waals surface area contributed by atoms with E-state index in [1.165, 1.54) is 6.92 Å². The first-order valence-corrected chi connectivity index (χ1v) is 11.7. The number of rotatable bonds is 8. The normalized spacial score (nSPS) is 12.9. The van der Waals surface area contributed by atoms with Crippen molar-refractivity contribution in [1.82, 2.24) is 0 Å². The van der Waals surface area contributed by atoms with Gasteiger partial charge in [0.2, 0.25) is 0 Å². The average Bonchev–Trinajstić information content (AvgIpc) is 3.33. The van der Waals surface area contributed by atoms with E-state index in [4.69, 9.17) is 9.84 Å². The molecule has 168 valence electrons. The summed E-state index contributed by atoms with van der Waals surface area (Å²) in [6.45, 7) is 1.76. The second-order valence-corrected chi connectivity index (χ2v) is 8.92. The minimum absolute atomic E-state index is 0.0207. The molecule has 5 nitrogen and oxygen atoms in total. The number of aromatic hydroxyl groups is 1. The number of carboxylic acids is 1. The fourth-order valence-electron chi connectivity index (χ4n) is 3.82. The van der Waals surface area contributed by atoms with Crippen molar-refractivity contribution in [2.75, 3.05) is 5.75 Å². The van der Waals surface area contributed by atoms with E-state index in [-0.39, 0.29) is 17.1 Å². The standard InChI is InChI=1S/C27H24O5S/c1-17(28)23-9-10-24(25(26(23)29)22-11-12-33-16-22)32-15-19-7-5-18(6-8-19)13-20-3-2-4-21(14-20)27(30)31/h2-10,14,16,29H,11-13,15H2,1H3,(H,30,31). The minimum Gasteiger partial charge on any atom is -0.506 e. The Kier molecular flexibility index (Phi) is 6.84. The van der Waals surface area contributed by atoms with Gasteiger partial charge in [0.15, 0.2) is 5.78 Å². The Balaban J connectivity index is 1.48. The monoisotopic (exact) mass is 460 g/mol. The van der Waals surface area contributed by atoms with E-state index < -0.39 is 5.97 Å². The molecule has 3 aromatic carbocycles. The second-order valence-electron chi connectivity index (χ2n) is 7.94. The lowest BCUT2D eigenvalue weighted by Gasteiger charge is -2.16. The highest BCUT2D eigenvalue weighted by Gasteiger charge is 2.21. The van der Waals surface area contributed by atoms with Gasteiger partial charge < -0.3 is 14.9 Å². The second kappa shape index (κ2) is 9.96. The zero-order valence-corrected chi connectivity index (χ0v) is 19.0. The number of hydrogen-bond acceptors (Lipinski definition) is 5. The Bertz CT molecular complexity index is 1230. The zero-order valence-electron chi connectivity index (χ0n) is 18.2. The molecule has 33 heavy (non-hydrogen) atoms. The predicted octanol–water partition coefficient (Wildman–Crippen LogP) is 5.94. The first-order valence-electron chi connectivity index (χ1n) is 10.6. The first kappa shape index (κ1) is 22.7. The summed E-state index contributed by atoms with van der Waals surface area (Å²) >= 11 is 1.68. The average molecular weight is 461 g/mol. The zero-order chi connectivity index (χ0) is 23.4. The fraction of sp³-hybridized carbons (Fsp3) is 0.185. The summed E-state index contributed by atoms with van der Waals surface area (Å²) < 4.78 is 6.06. The Morgan fingerprint density at radius 3 is 2.42 bits per heavy atom. The lowest BCUT2D eigenvalue weighted by Crippen LogP contribution is -2.02. The summed E-state index contributed by atoms with van der Waals surface area (Å²) in [6, 6.07) is 18.2. The molecular formula is C27H24O5S. The number of allylic oxidation sites excluding steroid dienone is 1. The number of benzene rings is 3. The summed E-state index contributed by atoms with van der Waals surface area (Å²) in [5, 5.41) is 21.9. The van der Waals surface area contributed by atoms with E-state index in [2.05, 4.69) is 0 Å². The highest BCUT2D eigenvalue weighted by Crippen LogP contribution is 2.42. The van der Waals surface area contributed by atoms with Crippen molar-refractivity contribution in [2.45, 2.75) is 26.4 Å². The maximum absolute atomic E-state index is 11.9. The molecule has 0 aromatic heterocycles. The van der Waals surface area contributed by atoms with Gasteiger partial charge in [0, 0.05) is 5.75 Å². The van der Waals surface area contributed by atoms with Crippen LogP contribution in [-0.2, 0) is 13.0 Å². The Morgan fingerprint density at radius 1 is 1.00 bits per heavy atom. The van der Waals surface area contributed by atoms with Gasteiger partial charge in [-0.2, -0.15) is 0 Å². The summed E-state index contributed by atoms with van der Waals surface area (Å²) in [5.41, 5.74) is 5.13. The van der Waals surface area contributed by atoms with Gasteiger partial charge in [0.25, 0.3) is 0 Å². The van der Waals surface area contributed by atoms with E-state index in [0.29, 0.717) is 29.9 Å². The van der Waals surface area contributed by atoms with Crippen molar-refractivity contribution in [3.05, 3.63) is 99.5 Å². The number of Topliss-reactive ketones (excluding diaryl/α,β-unsaturated/α-hetero) is 1. The first-order chi connectivity index (χ1) is 15.9. The SMILES string of the molecule is CC(=O)c1ccc(OCc2ccc(Cc3cccc(C(=O)O)c3)cc2)c(C2=CSCC2)c1O. The predicted molar refractivity (Wildman–Crippen MR) is 130 cm³/mol. The molecule has 0 saturated carbocycles. The van der Waals surface area contributed by atoms with Crippen LogP contribution < -0.4 is 4.74 Å². The molecule has 3 aromatic rings. The lowest BCUT2D eigenvalue weighted by atomic mass is 9.98. The molecular weight excluding hydrogens is 436 g/mol. The highest BCUT2D eigenvalue weighted by atomic mass is 32.2. The number of phenolic OH excluding ortho intramolecular Hbond substituents is 1. The van der Waals surface area contributed by atoms with Crippen LogP contribution in [0.2, 0.25) is 0 Å². The largest absolute Gasteiger partial charge is 0.506 e. The van der Waals surface area contributed by atoms with Crippen molar-refractivity contribution in [3.8, 4) is 11.5 Å². The molecule has 0 atom stereocenters. The molecule has 6 heteroatoms. The summed E-state index contributed by atoms with van der Waals surface area (Å²) in [6.07, 6.45) is 1.45. The van der Waals surface area contributed by atoms with Crippen LogP contribution in [0.1, 0.15) is 56.3 Å². The molecule has 0 bridgehead atoms. The number of thioether (sulfide) groups is 1. The number of hydrogen-bond donors (Lipinski definition) is 2. The molecule has 0 aliphatic carbocycles. The fourth-order valence-corrected chi connectivity index (χ4v) is 4.72. The number of carboxylic acid groups (broad SMARTS) is 1. The number of phenols is 1. The summed E-state index contributed by atoms with van der Waals surface area (Å²) in [7, 11) is 0. The molecule has 2 N–H and O–H groups in total. The molecule has 0 amide bonds. The number of aromatic carboxylic acids is 1. The molecule has 0 fully saturated rings. The third kappa shape index (κ3) is 5.29. The van der Waals surface area contributed by atoms with E-state index in [1.807, 2.05) is 35.7 Å². The van der Waals surface area contributed by atoms with Gasteiger partial charge in [-0.3, -0.25) is 4.79 Å². The minimum atomic E-state index is -0.932. The third-order valence-electron chi connectivity index (χ3n) is 5.55. The van der Waals surface area contributed by atoms with E-state index >= 15 is 0 Å². The molecule has 4 rings (SSSR count). The Labute approximate surface area is 196 Å². The maximum Gasteiger partial charge on any atom is 0.335 e. The smallest absolute Gasteiger partial charge is 0.335 e. The van der Waals surface area contributed by atoms with Gasteiger partial charge in [-0.05, 0) is 71.7 Å². The van der Waals surface area contributed by atoms with Gasteiger partial charge in [0.1, 0.15) is 18.1 Å². The highest BCUT2D eigenvalue weighted by molar-refractivity contribution is 8.02. The molecule has 0 radical (unpaired) electrons. The van der Waals surface area contributed by atoms with Crippen molar-refractivity contribution in [2.24, 2.45) is 0 Å². The van der Waals surface area contributed by atoms with Crippen LogP contribution in [0.3, 0.4) is 0 Å². The van der Waals surface area contributed by atoms with Crippen LogP contribution in [0.5, 0.6) is 11.5 Å². The van der Waals surface area contributed by atoms with E-state index in [0.717, 1.165) is 34.4 Å². The van der Waals surface area contributed by atoms with E-state index in [1.54, 1.807) is 42.1 Å². The van der Waals surface area contributed by atoms with Crippen LogP contribution in [0, 0.1) is 0 Å². The topological polar surface area (TPSA) is 83.8 Å². The molecule has 1 heterocycles. The molecule has 1 aliphatic heterocycles. The van der Waals surface area contributed by atoms with Gasteiger partial charge in [-0.1, -0.05) is 36.4 Å². The van der Waals surface area contributed by atoms with Crippen LogP contribution >= 0.6 is 11.8 Å². The van der Waals surface area contributed by atoms with Crippen LogP contribution in [-0.4, -0.2) is 27.7 Å². The number of ether oxygens (including phenoxy) is 1. The van der Waals surface area contributed by atoms with Crippen molar-refractivity contribution < 1.29 is 24.5 Å². The molecule has 1 aliphatic rings. The molecule has 0 saturated heterocycles. The van der Waals surface area contributed by atoms with E-state index in [9.17, 15) is 14.7 Å². The number of ketones is 1. The van der Waals surface area contributed by atoms with Gasteiger partial charge in [-0.15, -0.1) is 11.8 Å². The van der Waals surface area contributed by atoms with Crippen molar-refractivity contribution in [1.29, 1.82) is 0 Å². The van der Waals surface area contributed by atoms with Gasteiger partial charge in [-0.25, -0.2) is 4.79 Å². The molecule has 0 spiro atoms. The van der Waals surface area contributed by atoms with Gasteiger partial charge >= 0.3 is 5.97 Å². The Morgan fingerprint density at radius 2 is 1.76 bits per heavy atom. The lowest BCUT2D eigenvalue weighted by molar-refractivity contribution is 0.0696. The van der Waals surface area contributed by atoms with Crippen LogP contribution in [0.25, 0.3) is 5.57 Å². The van der Waals surface area contributed by atoms with Gasteiger partial charge in [0.05, 0.1) is 16.7 Å². The quantitative estimate of drug-likeness (QED) is 0.405. The van der Waals surface area contributed by atoms with Crippen LogP contribution in [0.15, 0.2) is 66.1 Å². The maximum atomic E-state index is 11.9. The molecule has 0 unspecified atom stereocenters. The van der Waals surface area contributed by atoms with Crippen molar-refractivity contribution in [3.63, 3.8) is 0 Å². The summed E-state index contributed by atoms with van der Waals surface area (Å²) in [5.74, 6) is 0.359. The number of carbonyl (C=O) groups is 2. The Hall–Kier alpha value is -3.51. The number of carbonyl (C=O) groups excluding carboxylic acids is 1. The van der Waals surface area contributed by atoms with Crippen molar-refractivity contribution >= 4 is 29.1 Å². The van der Waals surface area contributed by atoms with Crippen LogP contribution in [0.4, 0.5) is 0 Å². The summed E-state index contributed by atoms with van der Waals surface area (Å²) in [4.78, 5) is 23.1.